The Kier molecular flexibility index (Phi) is 3.77. The lowest BCUT2D eigenvalue weighted by molar-refractivity contribution is -0.136. The third-order valence-electron chi connectivity index (χ3n) is 2.85. The van der Waals surface area contributed by atoms with Gasteiger partial charge in [-0.05, 0) is 25.0 Å². The largest absolute Gasteiger partial charge is 0.481 e. The number of aryl methyl sites for hydroxylation is 2. The zero-order valence-corrected chi connectivity index (χ0v) is 11.3. The second-order valence-corrected chi connectivity index (χ2v) is 5.46. The van der Waals surface area contributed by atoms with E-state index in [4.69, 9.17) is 5.11 Å². The molecule has 0 saturated carbocycles. The number of thiazole rings is 1. The van der Waals surface area contributed by atoms with Crippen molar-refractivity contribution < 1.29 is 9.90 Å². The predicted octanol–water partition coefficient (Wildman–Crippen LogP) is 2.98. The molecule has 3 nitrogen and oxygen atoms in total. The van der Waals surface area contributed by atoms with E-state index < -0.39 is 5.97 Å². The van der Waals surface area contributed by atoms with E-state index in [-0.39, 0.29) is 6.42 Å². The fraction of sp³-hybridized carbons (Fsp3) is 0.286. The Bertz CT molecular complexity index is 575. The highest BCUT2D eigenvalue weighted by Crippen LogP contribution is 2.23. The number of hydrogen-bond acceptors (Lipinski definition) is 3. The second-order valence-electron chi connectivity index (χ2n) is 4.29. The maximum Gasteiger partial charge on any atom is 0.310 e. The van der Waals surface area contributed by atoms with Gasteiger partial charge in [-0.25, -0.2) is 4.98 Å². The van der Waals surface area contributed by atoms with Gasteiger partial charge in [-0.3, -0.25) is 4.79 Å². The van der Waals surface area contributed by atoms with Crippen LogP contribution in [0.25, 0.3) is 0 Å². The molecular formula is C14H15NO2S. The lowest BCUT2D eigenvalue weighted by atomic mass is 10.0. The van der Waals surface area contributed by atoms with Crippen molar-refractivity contribution in [3.8, 4) is 0 Å². The first-order chi connectivity index (χ1) is 8.56. The van der Waals surface area contributed by atoms with Gasteiger partial charge in [-0.1, -0.05) is 24.3 Å². The van der Waals surface area contributed by atoms with Crippen LogP contribution < -0.4 is 0 Å². The first-order valence-electron chi connectivity index (χ1n) is 5.77. The van der Waals surface area contributed by atoms with Gasteiger partial charge in [0.2, 0.25) is 0 Å². The van der Waals surface area contributed by atoms with Crippen LogP contribution >= 0.6 is 11.3 Å². The second kappa shape index (κ2) is 5.31. The Morgan fingerprint density at radius 3 is 2.72 bits per heavy atom. The minimum absolute atomic E-state index is 0.0132. The van der Waals surface area contributed by atoms with Crippen LogP contribution in [0.5, 0.6) is 0 Å². The molecule has 0 radical (unpaired) electrons. The van der Waals surface area contributed by atoms with Gasteiger partial charge in [0.1, 0.15) is 5.01 Å². The van der Waals surface area contributed by atoms with Crippen molar-refractivity contribution in [2.75, 3.05) is 0 Å². The Hall–Kier alpha value is -1.68. The van der Waals surface area contributed by atoms with Crippen LogP contribution in [0.15, 0.2) is 24.3 Å². The summed E-state index contributed by atoms with van der Waals surface area (Å²) in [5.74, 6) is -0.828. The first kappa shape index (κ1) is 12.8. The summed E-state index contributed by atoms with van der Waals surface area (Å²) < 4.78 is 0. The van der Waals surface area contributed by atoms with Crippen LogP contribution in [0.2, 0.25) is 0 Å². The van der Waals surface area contributed by atoms with Gasteiger partial charge in [0.15, 0.2) is 0 Å². The molecule has 1 heterocycles. The van der Waals surface area contributed by atoms with Crippen LogP contribution in [0.1, 0.15) is 26.7 Å². The molecule has 94 valence electrons. The maximum absolute atomic E-state index is 10.7. The van der Waals surface area contributed by atoms with Crippen molar-refractivity contribution in [3.63, 3.8) is 0 Å². The summed E-state index contributed by atoms with van der Waals surface area (Å²) in [6, 6.07) is 8.24. The lowest BCUT2D eigenvalue weighted by Gasteiger charge is -2.03. The van der Waals surface area contributed by atoms with Crippen molar-refractivity contribution in [1.29, 1.82) is 0 Å². The first-order valence-corrected chi connectivity index (χ1v) is 6.59. The van der Waals surface area contributed by atoms with Gasteiger partial charge < -0.3 is 5.11 Å². The predicted molar refractivity (Wildman–Crippen MR) is 72.2 cm³/mol. The molecule has 0 unspecified atom stereocenters. The molecule has 0 aliphatic rings. The van der Waals surface area contributed by atoms with Crippen LogP contribution in [0.4, 0.5) is 0 Å². The SMILES string of the molecule is Cc1ccccc1Cc1sc(CC(=O)O)nc1C. The molecule has 2 rings (SSSR count). The number of rotatable bonds is 4. The van der Waals surface area contributed by atoms with E-state index in [1.165, 1.54) is 22.5 Å². The summed E-state index contributed by atoms with van der Waals surface area (Å²) in [7, 11) is 0. The molecule has 0 atom stereocenters. The number of benzene rings is 1. The van der Waals surface area contributed by atoms with Crippen molar-refractivity contribution in [2.24, 2.45) is 0 Å². The average molecular weight is 261 g/mol. The Morgan fingerprint density at radius 2 is 2.06 bits per heavy atom. The van der Waals surface area contributed by atoms with Gasteiger partial charge >= 0.3 is 5.97 Å². The van der Waals surface area contributed by atoms with E-state index in [2.05, 4.69) is 24.0 Å². The molecule has 1 aromatic carbocycles. The molecule has 2 aromatic rings. The summed E-state index contributed by atoms with van der Waals surface area (Å²) in [6.45, 7) is 4.03. The minimum Gasteiger partial charge on any atom is -0.481 e. The number of hydrogen-bond donors (Lipinski definition) is 1. The highest BCUT2D eigenvalue weighted by molar-refractivity contribution is 7.11. The molecule has 0 bridgehead atoms. The monoisotopic (exact) mass is 261 g/mol. The number of carboxylic acid groups (broad SMARTS) is 1. The molecule has 1 aromatic heterocycles. The van der Waals surface area contributed by atoms with E-state index >= 15 is 0 Å². The fourth-order valence-electron chi connectivity index (χ4n) is 1.84. The number of nitrogens with zero attached hydrogens (tertiary/aromatic N) is 1. The molecule has 1 N–H and O–H groups in total. The van der Waals surface area contributed by atoms with E-state index in [9.17, 15) is 4.79 Å². The summed E-state index contributed by atoms with van der Waals surface area (Å²) in [5, 5.41) is 9.45. The van der Waals surface area contributed by atoms with E-state index in [1.807, 2.05) is 19.1 Å². The van der Waals surface area contributed by atoms with E-state index in [0.717, 1.165) is 17.0 Å². The van der Waals surface area contributed by atoms with Gasteiger partial charge in [-0.2, -0.15) is 0 Å². The number of carbonyl (C=O) groups is 1. The molecule has 0 aliphatic heterocycles. The van der Waals surface area contributed by atoms with Crippen LogP contribution in [-0.2, 0) is 17.6 Å². The topological polar surface area (TPSA) is 50.2 Å². The Morgan fingerprint density at radius 1 is 1.33 bits per heavy atom. The Balaban J connectivity index is 2.22. The fourth-order valence-corrected chi connectivity index (χ4v) is 2.92. The van der Waals surface area contributed by atoms with Gasteiger partial charge in [-0.15, -0.1) is 11.3 Å². The quantitative estimate of drug-likeness (QED) is 0.920. The molecule has 4 heteroatoms. The standard InChI is InChI=1S/C14H15NO2S/c1-9-5-3-4-6-11(9)7-12-10(2)15-13(18-12)8-14(16)17/h3-6H,7-8H2,1-2H3,(H,16,17). The molecule has 0 spiro atoms. The summed E-state index contributed by atoms with van der Waals surface area (Å²) >= 11 is 1.50. The average Bonchev–Trinajstić information content (AvgIpc) is 2.61. The summed E-state index contributed by atoms with van der Waals surface area (Å²) in [5.41, 5.74) is 3.47. The number of aliphatic carboxylic acids is 1. The molecule has 0 saturated heterocycles. The van der Waals surface area contributed by atoms with E-state index in [0.29, 0.717) is 5.01 Å². The normalized spacial score (nSPS) is 10.6. The van der Waals surface area contributed by atoms with Gasteiger partial charge in [0.05, 0.1) is 12.1 Å². The third-order valence-corrected chi connectivity index (χ3v) is 4.01. The molecule has 0 fully saturated rings. The zero-order valence-electron chi connectivity index (χ0n) is 10.4. The van der Waals surface area contributed by atoms with Gasteiger partial charge in [0.25, 0.3) is 0 Å². The van der Waals surface area contributed by atoms with Crippen LogP contribution in [0.3, 0.4) is 0 Å². The van der Waals surface area contributed by atoms with E-state index in [1.54, 1.807) is 0 Å². The van der Waals surface area contributed by atoms with Crippen LogP contribution in [0, 0.1) is 13.8 Å². The molecule has 0 amide bonds. The zero-order chi connectivity index (χ0) is 13.1. The van der Waals surface area contributed by atoms with Gasteiger partial charge in [0, 0.05) is 11.3 Å². The van der Waals surface area contributed by atoms with Crippen molar-refractivity contribution in [2.45, 2.75) is 26.7 Å². The smallest absolute Gasteiger partial charge is 0.310 e. The minimum atomic E-state index is -0.828. The molecular weight excluding hydrogens is 246 g/mol. The van der Waals surface area contributed by atoms with Crippen molar-refractivity contribution in [1.82, 2.24) is 4.98 Å². The molecule has 18 heavy (non-hydrogen) atoms. The highest BCUT2D eigenvalue weighted by atomic mass is 32.1. The van der Waals surface area contributed by atoms with Crippen molar-refractivity contribution in [3.05, 3.63) is 51.0 Å². The highest BCUT2D eigenvalue weighted by Gasteiger charge is 2.11. The number of carboxylic acids is 1. The summed E-state index contributed by atoms with van der Waals surface area (Å²) in [4.78, 5) is 16.1. The lowest BCUT2D eigenvalue weighted by Crippen LogP contribution is -1.98. The number of aromatic nitrogens is 1. The van der Waals surface area contributed by atoms with Crippen LogP contribution in [-0.4, -0.2) is 16.1 Å². The molecule has 0 aliphatic carbocycles. The van der Waals surface area contributed by atoms with Crippen molar-refractivity contribution >= 4 is 17.3 Å². The Labute approximate surface area is 110 Å². The maximum atomic E-state index is 10.7. The summed E-state index contributed by atoms with van der Waals surface area (Å²) in [6.07, 6.45) is 0.842. The third kappa shape index (κ3) is 2.96.